The van der Waals surface area contributed by atoms with Crippen LogP contribution in [0.3, 0.4) is 0 Å². The molecule has 0 saturated heterocycles. The van der Waals surface area contributed by atoms with Crippen molar-refractivity contribution in [3.63, 3.8) is 0 Å². The van der Waals surface area contributed by atoms with E-state index in [4.69, 9.17) is 5.73 Å². The molecule has 14 heavy (non-hydrogen) atoms. The van der Waals surface area contributed by atoms with Crippen molar-refractivity contribution in [2.45, 2.75) is 32.9 Å². The Morgan fingerprint density at radius 1 is 1.57 bits per heavy atom. The first-order valence-electron chi connectivity index (χ1n) is 4.51. The molecule has 78 valence electrons. The Kier molecular flexibility index (Phi) is 3.29. The topological polar surface area (TPSA) is 55.1 Å². The average molecular weight is 212 g/mol. The van der Waals surface area contributed by atoms with E-state index in [1.54, 1.807) is 16.7 Å². The first-order valence-corrected chi connectivity index (χ1v) is 5.39. The molecule has 3 nitrogen and oxygen atoms in total. The second kappa shape index (κ2) is 4.11. The molecule has 0 saturated carbocycles. The lowest BCUT2D eigenvalue weighted by molar-refractivity contribution is 0.100. The van der Waals surface area contributed by atoms with Gasteiger partial charge < -0.3 is 11.1 Å². The van der Waals surface area contributed by atoms with Crippen LogP contribution in [-0.2, 0) is 6.54 Å². The number of amides is 1. The fraction of sp³-hybridized carbons (Fsp3) is 0.500. The van der Waals surface area contributed by atoms with Crippen LogP contribution in [0.25, 0.3) is 0 Å². The van der Waals surface area contributed by atoms with Gasteiger partial charge in [-0.25, -0.2) is 0 Å². The summed E-state index contributed by atoms with van der Waals surface area (Å²) in [5.74, 6) is -0.358. The van der Waals surface area contributed by atoms with Crippen molar-refractivity contribution in [2.24, 2.45) is 5.73 Å². The van der Waals surface area contributed by atoms with Crippen molar-refractivity contribution in [1.29, 1.82) is 0 Å². The summed E-state index contributed by atoms with van der Waals surface area (Å²) in [6.45, 7) is 7.10. The van der Waals surface area contributed by atoms with E-state index in [9.17, 15) is 4.79 Å². The van der Waals surface area contributed by atoms with E-state index < -0.39 is 0 Å². The number of thiophene rings is 1. The van der Waals surface area contributed by atoms with Crippen LogP contribution in [0.5, 0.6) is 0 Å². The monoisotopic (exact) mass is 212 g/mol. The summed E-state index contributed by atoms with van der Waals surface area (Å²) in [4.78, 5) is 12.0. The summed E-state index contributed by atoms with van der Waals surface area (Å²) in [7, 11) is 0. The molecule has 0 aliphatic rings. The highest BCUT2D eigenvalue weighted by Gasteiger charge is 2.10. The lowest BCUT2D eigenvalue weighted by atomic mass is 10.1. The third-order valence-electron chi connectivity index (χ3n) is 1.73. The molecule has 0 radical (unpaired) electrons. The maximum Gasteiger partial charge on any atom is 0.249 e. The van der Waals surface area contributed by atoms with E-state index in [1.807, 2.05) is 6.07 Å². The van der Waals surface area contributed by atoms with Crippen molar-refractivity contribution in [1.82, 2.24) is 5.32 Å². The molecule has 3 N–H and O–H groups in total. The molecular formula is C10H16N2OS. The number of hydrogen-bond donors (Lipinski definition) is 2. The Morgan fingerprint density at radius 3 is 2.64 bits per heavy atom. The van der Waals surface area contributed by atoms with Gasteiger partial charge >= 0.3 is 0 Å². The van der Waals surface area contributed by atoms with Crippen molar-refractivity contribution in [2.75, 3.05) is 0 Å². The molecule has 1 amide bonds. The van der Waals surface area contributed by atoms with Crippen LogP contribution in [0.4, 0.5) is 0 Å². The fourth-order valence-electron chi connectivity index (χ4n) is 0.955. The van der Waals surface area contributed by atoms with Gasteiger partial charge in [0.1, 0.15) is 0 Å². The molecule has 1 aromatic heterocycles. The molecule has 0 unspecified atom stereocenters. The SMILES string of the molecule is CC(C)(C)NCc1cc(C(N)=O)cs1. The number of rotatable bonds is 3. The maximum atomic E-state index is 10.8. The van der Waals surface area contributed by atoms with Crippen LogP contribution in [0.2, 0.25) is 0 Å². The zero-order valence-electron chi connectivity index (χ0n) is 8.76. The first kappa shape index (κ1) is 11.2. The molecule has 0 atom stereocenters. The van der Waals surface area contributed by atoms with E-state index in [2.05, 4.69) is 26.1 Å². The largest absolute Gasteiger partial charge is 0.366 e. The average Bonchev–Trinajstić information content (AvgIpc) is 2.47. The van der Waals surface area contributed by atoms with Crippen LogP contribution in [-0.4, -0.2) is 11.4 Å². The number of nitrogens with two attached hydrogens (primary N) is 1. The normalized spacial score (nSPS) is 11.6. The highest BCUT2D eigenvalue weighted by Crippen LogP contribution is 2.15. The van der Waals surface area contributed by atoms with Gasteiger partial charge in [0.15, 0.2) is 0 Å². The Bertz CT molecular complexity index is 325. The molecule has 0 fully saturated rings. The Morgan fingerprint density at radius 2 is 2.21 bits per heavy atom. The van der Waals surface area contributed by atoms with Gasteiger partial charge in [-0.05, 0) is 26.8 Å². The van der Waals surface area contributed by atoms with Gasteiger partial charge in [-0.1, -0.05) is 0 Å². The van der Waals surface area contributed by atoms with Crippen molar-refractivity contribution < 1.29 is 4.79 Å². The highest BCUT2D eigenvalue weighted by atomic mass is 32.1. The second-order valence-corrected chi connectivity index (χ2v) is 5.27. The van der Waals surface area contributed by atoms with Crippen molar-refractivity contribution in [3.05, 3.63) is 21.9 Å². The summed E-state index contributed by atoms with van der Waals surface area (Å²) >= 11 is 1.56. The number of carbonyl (C=O) groups is 1. The summed E-state index contributed by atoms with van der Waals surface area (Å²) in [6.07, 6.45) is 0. The van der Waals surface area contributed by atoms with Crippen LogP contribution >= 0.6 is 11.3 Å². The molecule has 0 spiro atoms. The Balaban J connectivity index is 2.56. The third-order valence-corrected chi connectivity index (χ3v) is 2.67. The minimum absolute atomic E-state index is 0.0941. The summed E-state index contributed by atoms with van der Waals surface area (Å²) < 4.78 is 0. The molecular weight excluding hydrogens is 196 g/mol. The fourth-order valence-corrected chi connectivity index (χ4v) is 1.77. The van der Waals surface area contributed by atoms with Crippen LogP contribution in [0.15, 0.2) is 11.4 Å². The van der Waals surface area contributed by atoms with E-state index >= 15 is 0 Å². The predicted molar refractivity (Wildman–Crippen MR) is 59.4 cm³/mol. The van der Waals surface area contributed by atoms with Crippen LogP contribution in [0, 0.1) is 0 Å². The smallest absolute Gasteiger partial charge is 0.249 e. The summed E-state index contributed by atoms with van der Waals surface area (Å²) in [5, 5.41) is 5.14. The Hall–Kier alpha value is -0.870. The van der Waals surface area contributed by atoms with Gasteiger partial charge in [-0.15, -0.1) is 11.3 Å². The van der Waals surface area contributed by atoms with Crippen LogP contribution < -0.4 is 11.1 Å². The standard InChI is InChI=1S/C10H16N2OS/c1-10(2,3)12-5-8-4-7(6-14-8)9(11)13/h4,6,12H,5H2,1-3H3,(H2,11,13). The van der Waals surface area contributed by atoms with Gasteiger partial charge in [0.2, 0.25) is 5.91 Å². The van der Waals surface area contributed by atoms with Crippen LogP contribution in [0.1, 0.15) is 36.0 Å². The summed E-state index contributed by atoms with van der Waals surface area (Å²) in [6, 6.07) is 1.84. The quantitative estimate of drug-likeness (QED) is 0.801. The zero-order valence-corrected chi connectivity index (χ0v) is 9.57. The third kappa shape index (κ3) is 3.47. The van der Waals surface area contributed by atoms with Gasteiger partial charge in [0.25, 0.3) is 0 Å². The molecule has 0 aromatic carbocycles. The van der Waals surface area contributed by atoms with E-state index in [-0.39, 0.29) is 11.4 Å². The van der Waals surface area contributed by atoms with Gasteiger partial charge in [0, 0.05) is 22.3 Å². The molecule has 1 rings (SSSR count). The lowest BCUT2D eigenvalue weighted by Gasteiger charge is -2.19. The molecule has 1 aromatic rings. The molecule has 0 aliphatic carbocycles. The van der Waals surface area contributed by atoms with Gasteiger partial charge in [-0.3, -0.25) is 4.79 Å². The zero-order chi connectivity index (χ0) is 10.8. The van der Waals surface area contributed by atoms with Gasteiger partial charge in [-0.2, -0.15) is 0 Å². The Labute approximate surface area is 88.3 Å². The van der Waals surface area contributed by atoms with Crippen molar-refractivity contribution in [3.8, 4) is 0 Å². The highest BCUT2D eigenvalue weighted by molar-refractivity contribution is 7.10. The molecule has 4 heteroatoms. The molecule has 0 aliphatic heterocycles. The van der Waals surface area contributed by atoms with E-state index in [0.717, 1.165) is 11.4 Å². The number of hydrogen-bond acceptors (Lipinski definition) is 3. The second-order valence-electron chi connectivity index (χ2n) is 4.27. The minimum Gasteiger partial charge on any atom is -0.366 e. The van der Waals surface area contributed by atoms with E-state index in [1.165, 1.54) is 0 Å². The number of carbonyl (C=O) groups excluding carboxylic acids is 1. The molecule has 1 heterocycles. The first-order chi connectivity index (χ1) is 6.38. The maximum absolute atomic E-state index is 10.8. The van der Waals surface area contributed by atoms with Gasteiger partial charge in [0.05, 0.1) is 5.56 Å². The predicted octanol–water partition coefficient (Wildman–Crippen LogP) is 1.74. The lowest BCUT2D eigenvalue weighted by Crippen LogP contribution is -2.34. The number of primary amides is 1. The molecule has 0 bridgehead atoms. The van der Waals surface area contributed by atoms with Crippen molar-refractivity contribution >= 4 is 17.2 Å². The minimum atomic E-state index is -0.358. The van der Waals surface area contributed by atoms with E-state index in [0.29, 0.717) is 5.56 Å². The number of nitrogens with one attached hydrogen (secondary N) is 1. The summed E-state index contributed by atoms with van der Waals surface area (Å²) in [5.41, 5.74) is 5.85.